The van der Waals surface area contributed by atoms with Crippen molar-refractivity contribution in [1.82, 2.24) is 0 Å². The maximum atomic E-state index is 11.4. The quantitative estimate of drug-likeness (QED) is 0.627. The third-order valence-corrected chi connectivity index (χ3v) is 4.21. The molecule has 0 atom stereocenters. The second kappa shape index (κ2) is 7.25. The Hall–Kier alpha value is -2.69. The molecule has 0 fully saturated rings. The zero-order valence-electron chi connectivity index (χ0n) is 14.3. The molecule has 24 heavy (non-hydrogen) atoms. The number of aryl methyl sites for hydroxylation is 2. The van der Waals surface area contributed by atoms with Gasteiger partial charge in [-0.05, 0) is 36.1 Å². The van der Waals surface area contributed by atoms with Gasteiger partial charge in [-0.25, -0.2) is 0 Å². The summed E-state index contributed by atoms with van der Waals surface area (Å²) in [6.45, 7) is 3.81. The third-order valence-electron chi connectivity index (χ3n) is 4.21. The molecule has 0 heterocycles. The highest BCUT2D eigenvalue weighted by molar-refractivity contribution is 5.84. The first-order chi connectivity index (χ1) is 11.5. The number of hydrogen-bond donors (Lipinski definition) is 2. The molecule has 2 aromatic carbocycles. The third kappa shape index (κ3) is 3.15. The smallest absolute Gasteiger partial charge is 0.168 e. The average molecular weight is 330 g/mol. The van der Waals surface area contributed by atoms with Gasteiger partial charge in [0.25, 0.3) is 0 Å². The zero-order valence-corrected chi connectivity index (χ0v) is 14.3. The molecule has 0 saturated heterocycles. The summed E-state index contributed by atoms with van der Waals surface area (Å²) in [7, 11) is 3.16. The van der Waals surface area contributed by atoms with Crippen LogP contribution in [0.5, 0.6) is 23.0 Å². The lowest BCUT2D eigenvalue weighted by Crippen LogP contribution is -2.02. The molecule has 0 bridgehead atoms. The van der Waals surface area contributed by atoms with Gasteiger partial charge in [-0.2, -0.15) is 0 Å². The molecule has 0 aliphatic rings. The first kappa shape index (κ1) is 17.7. The Labute approximate surface area is 141 Å². The molecule has 0 radical (unpaired) electrons. The van der Waals surface area contributed by atoms with Crippen molar-refractivity contribution >= 4 is 6.29 Å². The molecule has 128 valence electrons. The van der Waals surface area contributed by atoms with Crippen LogP contribution in [0.25, 0.3) is 0 Å². The zero-order chi connectivity index (χ0) is 17.9. The van der Waals surface area contributed by atoms with Crippen molar-refractivity contribution in [2.24, 2.45) is 0 Å². The summed E-state index contributed by atoms with van der Waals surface area (Å²) >= 11 is 0. The minimum Gasteiger partial charge on any atom is -0.504 e. The molecule has 0 aliphatic carbocycles. The summed E-state index contributed by atoms with van der Waals surface area (Å²) in [6.07, 6.45) is 1.51. The van der Waals surface area contributed by atoms with Crippen LogP contribution in [0.15, 0.2) is 18.2 Å². The fraction of sp³-hybridized carbons (Fsp3) is 0.316. The van der Waals surface area contributed by atoms with Crippen molar-refractivity contribution in [3.05, 3.63) is 46.0 Å². The summed E-state index contributed by atoms with van der Waals surface area (Å²) in [5.74, 6) is 0.729. The number of hydrogen-bond acceptors (Lipinski definition) is 5. The molecular formula is C19H22O5. The topological polar surface area (TPSA) is 76.0 Å². The van der Waals surface area contributed by atoms with Gasteiger partial charge in [-0.1, -0.05) is 13.0 Å². The molecule has 5 heteroatoms. The molecule has 0 amide bonds. The van der Waals surface area contributed by atoms with E-state index in [2.05, 4.69) is 0 Å². The Kier molecular flexibility index (Phi) is 5.34. The van der Waals surface area contributed by atoms with Crippen LogP contribution in [0.4, 0.5) is 0 Å². The molecule has 0 unspecified atom stereocenters. The van der Waals surface area contributed by atoms with Gasteiger partial charge in [-0.3, -0.25) is 4.79 Å². The monoisotopic (exact) mass is 330 g/mol. The number of aldehydes is 1. The molecule has 2 rings (SSSR count). The number of methoxy groups -OCH3 is 2. The van der Waals surface area contributed by atoms with E-state index in [9.17, 15) is 15.0 Å². The first-order valence-corrected chi connectivity index (χ1v) is 7.70. The van der Waals surface area contributed by atoms with Gasteiger partial charge in [-0.15, -0.1) is 0 Å². The van der Waals surface area contributed by atoms with Gasteiger partial charge in [0.15, 0.2) is 17.8 Å². The van der Waals surface area contributed by atoms with E-state index in [1.807, 2.05) is 19.9 Å². The number of carbonyl (C=O) groups is 1. The molecule has 2 N–H and O–H groups in total. The van der Waals surface area contributed by atoms with E-state index in [-0.39, 0.29) is 17.1 Å². The fourth-order valence-electron chi connectivity index (χ4n) is 2.81. The summed E-state index contributed by atoms with van der Waals surface area (Å²) in [4.78, 5) is 11.4. The van der Waals surface area contributed by atoms with Crippen LogP contribution in [0, 0.1) is 6.92 Å². The summed E-state index contributed by atoms with van der Waals surface area (Å²) in [6, 6.07) is 5.42. The molecule has 0 saturated carbocycles. The Morgan fingerprint density at radius 1 is 1.04 bits per heavy atom. The van der Waals surface area contributed by atoms with Crippen molar-refractivity contribution in [1.29, 1.82) is 0 Å². The maximum Gasteiger partial charge on any atom is 0.168 e. The van der Waals surface area contributed by atoms with E-state index < -0.39 is 0 Å². The lowest BCUT2D eigenvalue weighted by atomic mass is 9.93. The van der Waals surface area contributed by atoms with Gasteiger partial charge in [0.2, 0.25) is 0 Å². The molecule has 0 aliphatic heterocycles. The normalized spacial score (nSPS) is 10.5. The summed E-state index contributed by atoms with van der Waals surface area (Å²) in [5, 5.41) is 20.1. The van der Waals surface area contributed by atoms with Crippen LogP contribution >= 0.6 is 0 Å². The molecule has 0 aromatic heterocycles. The first-order valence-electron chi connectivity index (χ1n) is 7.70. The highest BCUT2D eigenvalue weighted by Gasteiger charge is 2.18. The van der Waals surface area contributed by atoms with Crippen LogP contribution in [0.2, 0.25) is 0 Å². The van der Waals surface area contributed by atoms with Gasteiger partial charge in [0, 0.05) is 18.1 Å². The molecule has 2 aromatic rings. The van der Waals surface area contributed by atoms with E-state index in [0.29, 0.717) is 41.8 Å². The van der Waals surface area contributed by atoms with Crippen LogP contribution in [-0.4, -0.2) is 30.7 Å². The lowest BCUT2D eigenvalue weighted by Gasteiger charge is -2.16. The summed E-state index contributed by atoms with van der Waals surface area (Å²) in [5.41, 5.74) is 3.19. The minimum absolute atomic E-state index is 0.0990. The second-order valence-electron chi connectivity index (χ2n) is 5.58. The van der Waals surface area contributed by atoms with Gasteiger partial charge >= 0.3 is 0 Å². The van der Waals surface area contributed by atoms with E-state index in [1.54, 1.807) is 26.4 Å². The lowest BCUT2D eigenvalue weighted by molar-refractivity contribution is 0.111. The minimum atomic E-state index is -0.371. The van der Waals surface area contributed by atoms with Gasteiger partial charge in [0.05, 0.1) is 19.8 Å². The van der Waals surface area contributed by atoms with Gasteiger partial charge < -0.3 is 19.7 Å². The molecular weight excluding hydrogens is 308 g/mol. The van der Waals surface area contributed by atoms with E-state index in [4.69, 9.17) is 9.47 Å². The predicted octanol–water partition coefficient (Wildman–Crippen LogP) is 3.39. The average Bonchev–Trinajstić information content (AvgIpc) is 2.59. The molecule has 5 nitrogen and oxygen atoms in total. The van der Waals surface area contributed by atoms with Crippen LogP contribution in [-0.2, 0) is 12.8 Å². The number of phenols is 2. The van der Waals surface area contributed by atoms with E-state index >= 15 is 0 Å². The summed E-state index contributed by atoms with van der Waals surface area (Å²) < 4.78 is 10.7. The van der Waals surface area contributed by atoms with Crippen LogP contribution in [0.3, 0.4) is 0 Å². The number of benzene rings is 2. The predicted molar refractivity (Wildman–Crippen MR) is 91.6 cm³/mol. The van der Waals surface area contributed by atoms with E-state index in [1.165, 1.54) is 0 Å². The van der Waals surface area contributed by atoms with Crippen molar-refractivity contribution in [2.75, 3.05) is 14.2 Å². The maximum absolute atomic E-state index is 11.4. The van der Waals surface area contributed by atoms with Crippen molar-refractivity contribution in [2.45, 2.75) is 26.7 Å². The fourth-order valence-corrected chi connectivity index (χ4v) is 2.81. The van der Waals surface area contributed by atoms with Gasteiger partial charge in [0.1, 0.15) is 11.5 Å². The van der Waals surface area contributed by atoms with Crippen molar-refractivity contribution in [3.63, 3.8) is 0 Å². The molecule has 0 spiro atoms. The Balaban J connectivity index is 2.60. The second-order valence-corrected chi connectivity index (χ2v) is 5.58. The van der Waals surface area contributed by atoms with Crippen LogP contribution in [0.1, 0.15) is 39.5 Å². The number of aromatic hydroxyl groups is 2. The number of ether oxygens (including phenoxy) is 2. The Bertz CT molecular complexity index is 765. The number of phenolic OH excluding ortho intramolecular Hbond substituents is 2. The number of rotatable bonds is 6. The van der Waals surface area contributed by atoms with Crippen LogP contribution < -0.4 is 9.47 Å². The standard InChI is InChI=1S/C19H22O5/c1-5-12-7-13(16(10-20)19(22)18(12)21)8-15-11(2)6-14(23-3)9-17(15)24-4/h6-7,9-10,21-22H,5,8H2,1-4H3. The Morgan fingerprint density at radius 2 is 1.75 bits per heavy atom. The highest BCUT2D eigenvalue weighted by Crippen LogP contribution is 2.37. The van der Waals surface area contributed by atoms with Crippen molar-refractivity contribution < 1.29 is 24.5 Å². The highest BCUT2D eigenvalue weighted by atomic mass is 16.5. The van der Waals surface area contributed by atoms with E-state index in [0.717, 1.165) is 11.1 Å². The Morgan fingerprint density at radius 3 is 2.29 bits per heavy atom. The largest absolute Gasteiger partial charge is 0.504 e. The van der Waals surface area contributed by atoms with Crippen molar-refractivity contribution in [3.8, 4) is 23.0 Å². The SMILES string of the molecule is CCc1cc(Cc2c(C)cc(OC)cc2OC)c(C=O)c(O)c1O. The number of carbonyl (C=O) groups excluding carboxylic acids is 1.